The number of ether oxygens (including phenoxy) is 1. The van der Waals surface area contributed by atoms with Gasteiger partial charge in [0.05, 0.1) is 16.0 Å². The molecular weight excluding hydrogens is 588 g/mol. The third kappa shape index (κ3) is 5.43. The first-order valence-corrected chi connectivity index (χ1v) is 16.3. The fourth-order valence-corrected chi connectivity index (χ4v) is 10.8. The quantitative estimate of drug-likeness (QED) is 0.477. The van der Waals surface area contributed by atoms with Crippen molar-refractivity contribution in [1.82, 2.24) is 9.79 Å². The molecule has 0 radical (unpaired) electrons. The fourth-order valence-electron chi connectivity index (χ4n) is 4.12. The number of hydrogen-bond acceptors (Lipinski definition) is 9. The van der Waals surface area contributed by atoms with Gasteiger partial charge in [-0.3, -0.25) is 4.79 Å². The first-order chi connectivity index (χ1) is 16.1. The average Bonchev–Trinajstić information content (AvgIpc) is 3.47. The van der Waals surface area contributed by atoms with Crippen molar-refractivity contribution in [3.05, 3.63) is 38.3 Å². The van der Waals surface area contributed by atoms with Gasteiger partial charge in [-0.1, -0.05) is 6.07 Å². The summed E-state index contributed by atoms with van der Waals surface area (Å²) < 4.78 is 59.4. The monoisotopic (exact) mass is 612 g/mol. The van der Waals surface area contributed by atoms with Gasteiger partial charge in [-0.2, -0.15) is 4.31 Å². The van der Waals surface area contributed by atoms with Crippen LogP contribution in [0.1, 0.15) is 37.0 Å². The number of nitrogens with one attached hydrogen (secondary N) is 1. The van der Waals surface area contributed by atoms with Crippen LogP contribution in [-0.2, 0) is 39.0 Å². The van der Waals surface area contributed by atoms with Crippen molar-refractivity contribution in [1.29, 1.82) is 0 Å². The van der Waals surface area contributed by atoms with Gasteiger partial charge in [0.2, 0.25) is 5.91 Å². The Morgan fingerprint density at radius 3 is 2.76 bits per heavy atom. The molecule has 2 saturated heterocycles. The summed E-state index contributed by atoms with van der Waals surface area (Å²) in [4.78, 5) is 18.8. The summed E-state index contributed by atoms with van der Waals surface area (Å²) in [6.45, 7) is 0.330. The Bertz CT molecular complexity index is 1210. The normalized spacial score (nSPS) is 26.1. The lowest BCUT2D eigenvalue weighted by Crippen LogP contribution is -2.43. The molecule has 2 aliphatic heterocycles. The van der Waals surface area contributed by atoms with E-state index in [-0.39, 0.29) is 30.1 Å². The Morgan fingerprint density at radius 2 is 2.12 bits per heavy atom. The van der Waals surface area contributed by atoms with Gasteiger partial charge in [0.25, 0.3) is 10.0 Å². The van der Waals surface area contributed by atoms with E-state index in [9.17, 15) is 21.6 Å². The highest BCUT2D eigenvalue weighted by Gasteiger charge is 2.50. The molecule has 0 aliphatic carbocycles. The number of thiophene rings is 2. The maximum Gasteiger partial charge on any atom is 0.252 e. The van der Waals surface area contributed by atoms with Crippen LogP contribution in [0.3, 0.4) is 0 Å². The Hall–Kier alpha value is -0.870. The Kier molecular flexibility index (Phi) is 8.19. The molecule has 0 spiro atoms. The molecule has 2 atom stereocenters. The number of nitrogens with zero attached hydrogens (tertiary/aromatic N) is 1. The molecule has 34 heavy (non-hydrogen) atoms. The van der Waals surface area contributed by atoms with Gasteiger partial charge in [-0.05, 0) is 58.8 Å². The van der Waals surface area contributed by atoms with E-state index in [0.717, 1.165) is 28.0 Å². The maximum atomic E-state index is 13.7. The number of halogens is 1. The van der Waals surface area contributed by atoms with Crippen LogP contribution in [0.5, 0.6) is 0 Å². The van der Waals surface area contributed by atoms with E-state index in [1.54, 1.807) is 23.6 Å². The molecular formula is C20H25BrN2O7S4. The summed E-state index contributed by atoms with van der Waals surface area (Å²) in [5, 5.41) is 1.66. The summed E-state index contributed by atoms with van der Waals surface area (Å²) in [6, 6.07) is 6.54. The molecule has 2 aromatic heterocycles. The number of hydroxylamine groups is 1. The highest BCUT2D eigenvalue weighted by atomic mass is 79.9. The third-order valence-corrected chi connectivity index (χ3v) is 13.7. The van der Waals surface area contributed by atoms with E-state index >= 15 is 0 Å². The van der Waals surface area contributed by atoms with E-state index in [1.807, 2.05) is 0 Å². The Morgan fingerprint density at radius 1 is 1.29 bits per heavy atom. The minimum Gasteiger partial charge on any atom is -0.350 e. The zero-order valence-electron chi connectivity index (χ0n) is 18.1. The van der Waals surface area contributed by atoms with Crippen molar-refractivity contribution in [3.63, 3.8) is 0 Å². The number of carbonyl (C=O) groups is 1. The number of sulfone groups is 1. The molecule has 188 valence electrons. The smallest absolute Gasteiger partial charge is 0.252 e. The van der Waals surface area contributed by atoms with Crippen LogP contribution in [0.4, 0.5) is 0 Å². The number of rotatable bonds is 7. The van der Waals surface area contributed by atoms with Crippen molar-refractivity contribution in [3.8, 4) is 0 Å². The van der Waals surface area contributed by atoms with Crippen molar-refractivity contribution >= 4 is 64.4 Å². The van der Waals surface area contributed by atoms with Crippen molar-refractivity contribution in [2.45, 2.75) is 47.4 Å². The largest absolute Gasteiger partial charge is 0.350 e. The lowest BCUT2D eigenvalue weighted by Gasteiger charge is -2.31. The molecule has 4 heterocycles. The van der Waals surface area contributed by atoms with Crippen LogP contribution in [0.25, 0.3) is 0 Å². The second kappa shape index (κ2) is 10.6. The van der Waals surface area contributed by atoms with Crippen molar-refractivity contribution in [2.24, 2.45) is 0 Å². The van der Waals surface area contributed by atoms with Gasteiger partial charge in [-0.25, -0.2) is 27.2 Å². The standard InChI is InChI=1S/C20H25BrN2O7S4/c21-16-7-6-15(32-16)20(14-17(24)22-30-18-4-1-2-11-29-18)8-9-23(10-13-33(20,25)26)34(27,28)19-5-3-12-31-19/h3,5-7,12,18H,1-2,4,8-11,13-14H2,(H,22,24). The maximum absolute atomic E-state index is 13.7. The third-order valence-electron chi connectivity index (χ3n) is 5.97. The second-order valence-electron chi connectivity index (χ2n) is 8.12. The van der Waals surface area contributed by atoms with Gasteiger partial charge in [-0.15, -0.1) is 22.7 Å². The van der Waals surface area contributed by atoms with Crippen LogP contribution in [-0.4, -0.2) is 58.8 Å². The number of amides is 1. The predicted octanol–water partition coefficient (Wildman–Crippen LogP) is 3.24. The summed E-state index contributed by atoms with van der Waals surface area (Å²) in [6.07, 6.45) is 1.46. The van der Waals surface area contributed by atoms with Gasteiger partial charge in [0, 0.05) is 31.0 Å². The molecule has 1 amide bonds. The van der Waals surface area contributed by atoms with Gasteiger partial charge in [0.15, 0.2) is 16.1 Å². The van der Waals surface area contributed by atoms with Gasteiger partial charge in [0.1, 0.15) is 8.96 Å². The number of sulfonamides is 1. The minimum atomic E-state index is -3.92. The van der Waals surface area contributed by atoms with E-state index in [0.29, 0.717) is 17.9 Å². The second-order valence-corrected chi connectivity index (χ2v) is 16.1. The van der Waals surface area contributed by atoms with Crippen LogP contribution >= 0.6 is 38.6 Å². The first-order valence-electron chi connectivity index (χ1n) is 10.7. The zero-order chi connectivity index (χ0) is 24.4. The van der Waals surface area contributed by atoms with E-state index in [4.69, 9.17) is 9.57 Å². The Labute approximate surface area is 215 Å². The zero-order valence-corrected chi connectivity index (χ0v) is 23.0. The highest BCUT2D eigenvalue weighted by Crippen LogP contribution is 2.45. The summed E-state index contributed by atoms with van der Waals surface area (Å²) in [7, 11) is -7.76. The topological polar surface area (TPSA) is 119 Å². The van der Waals surface area contributed by atoms with Crippen LogP contribution in [0.15, 0.2) is 37.6 Å². The molecule has 0 saturated carbocycles. The number of hydrogen-bond donors (Lipinski definition) is 1. The van der Waals surface area contributed by atoms with Crippen LogP contribution < -0.4 is 5.48 Å². The minimum absolute atomic E-state index is 0.0329. The van der Waals surface area contributed by atoms with Crippen LogP contribution in [0, 0.1) is 0 Å². The van der Waals surface area contributed by atoms with E-state index in [1.165, 1.54) is 21.7 Å². The van der Waals surface area contributed by atoms with E-state index in [2.05, 4.69) is 21.4 Å². The van der Waals surface area contributed by atoms with Gasteiger partial charge < -0.3 is 4.74 Å². The van der Waals surface area contributed by atoms with Crippen LogP contribution in [0.2, 0.25) is 0 Å². The predicted molar refractivity (Wildman–Crippen MR) is 133 cm³/mol. The van der Waals surface area contributed by atoms with E-state index < -0.39 is 42.6 Å². The first kappa shape index (κ1) is 26.2. The van der Waals surface area contributed by atoms with Crippen molar-refractivity contribution in [2.75, 3.05) is 25.4 Å². The molecule has 2 fully saturated rings. The molecule has 2 aromatic rings. The average molecular weight is 614 g/mol. The SMILES string of the molecule is O=C(CC1(c2ccc(Br)s2)CCN(S(=O)(=O)c2cccs2)CCS1(=O)=O)NOC1CCCCO1. The molecule has 4 rings (SSSR count). The molecule has 2 unspecified atom stereocenters. The fraction of sp³-hybridized carbons (Fsp3) is 0.550. The summed E-state index contributed by atoms with van der Waals surface area (Å²) in [5.41, 5.74) is 2.36. The summed E-state index contributed by atoms with van der Waals surface area (Å²) in [5.74, 6) is -0.996. The molecule has 2 aliphatic rings. The highest BCUT2D eigenvalue weighted by molar-refractivity contribution is 9.11. The van der Waals surface area contributed by atoms with Crippen molar-refractivity contribution < 1.29 is 31.2 Å². The molecule has 0 aromatic carbocycles. The lowest BCUT2D eigenvalue weighted by molar-refractivity contribution is -0.200. The molecule has 9 nitrogen and oxygen atoms in total. The number of carbonyl (C=O) groups excluding carboxylic acids is 1. The van der Waals surface area contributed by atoms with Gasteiger partial charge >= 0.3 is 0 Å². The Balaban J connectivity index is 1.60. The molecule has 1 N–H and O–H groups in total. The summed E-state index contributed by atoms with van der Waals surface area (Å²) >= 11 is 5.69. The lowest BCUT2D eigenvalue weighted by atomic mass is 9.97. The molecule has 0 bridgehead atoms. The molecule has 14 heteroatoms.